The summed E-state index contributed by atoms with van der Waals surface area (Å²) >= 11 is 0. The molecule has 0 aliphatic carbocycles. The Labute approximate surface area is 96.6 Å². The van der Waals surface area contributed by atoms with E-state index in [0.29, 0.717) is 16.5 Å². The maximum Gasteiger partial charge on any atom is 0.328 e. The van der Waals surface area contributed by atoms with Crippen molar-refractivity contribution < 1.29 is 14.7 Å². The molecule has 0 fully saturated rings. The molecule has 1 atom stereocenters. The first-order valence-electron chi connectivity index (χ1n) is 5.01. The summed E-state index contributed by atoms with van der Waals surface area (Å²) in [5.41, 5.74) is 5.94. The van der Waals surface area contributed by atoms with Crippen molar-refractivity contribution in [2.24, 2.45) is 5.73 Å². The summed E-state index contributed by atoms with van der Waals surface area (Å²) in [7, 11) is 0. The molecule has 0 aliphatic heterocycles. The first-order valence-corrected chi connectivity index (χ1v) is 5.01. The minimum atomic E-state index is -0.988. The van der Waals surface area contributed by atoms with Gasteiger partial charge in [0.25, 0.3) is 5.91 Å². The van der Waals surface area contributed by atoms with Crippen molar-refractivity contribution >= 4 is 22.8 Å². The minimum Gasteiger partial charge on any atom is -0.480 e. The molecule has 1 amide bonds. The number of carbonyl (C=O) groups is 2. The highest BCUT2D eigenvalue weighted by Gasteiger charge is 2.17. The quantitative estimate of drug-likeness (QED) is 0.818. The van der Waals surface area contributed by atoms with Crippen molar-refractivity contribution in [1.82, 2.24) is 9.78 Å². The summed E-state index contributed by atoms with van der Waals surface area (Å²) in [5, 5.41) is 13.7. The molecule has 2 rings (SSSR count). The first kappa shape index (κ1) is 11.1. The number of nitrogens with two attached hydrogens (primary N) is 1. The number of hydrogen-bond donors (Lipinski definition) is 2. The van der Waals surface area contributed by atoms with Gasteiger partial charge in [0.15, 0.2) is 0 Å². The van der Waals surface area contributed by atoms with Crippen LogP contribution < -0.4 is 5.73 Å². The molecule has 0 aliphatic rings. The number of hydrogen-bond acceptors (Lipinski definition) is 3. The van der Waals surface area contributed by atoms with E-state index < -0.39 is 17.9 Å². The van der Waals surface area contributed by atoms with Gasteiger partial charge in [-0.05, 0) is 13.0 Å². The van der Waals surface area contributed by atoms with Gasteiger partial charge in [-0.25, -0.2) is 4.79 Å². The smallest absolute Gasteiger partial charge is 0.328 e. The van der Waals surface area contributed by atoms with Crippen LogP contribution in [0.2, 0.25) is 0 Å². The Morgan fingerprint density at radius 1 is 1.47 bits per heavy atom. The number of nitrogens with zero attached hydrogens (tertiary/aromatic N) is 2. The highest BCUT2D eigenvalue weighted by Crippen LogP contribution is 2.19. The number of carboxylic acid groups (broad SMARTS) is 1. The Kier molecular flexibility index (Phi) is 2.55. The molecule has 3 N–H and O–H groups in total. The van der Waals surface area contributed by atoms with Crippen LogP contribution in [0.3, 0.4) is 0 Å². The number of benzene rings is 1. The molecule has 0 radical (unpaired) electrons. The second-order valence-corrected chi connectivity index (χ2v) is 3.73. The lowest BCUT2D eigenvalue weighted by Crippen LogP contribution is -2.16. The zero-order valence-electron chi connectivity index (χ0n) is 9.12. The predicted octanol–water partition coefficient (Wildman–Crippen LogP) is 0.781. The molecule has 17 heavy (non-hydrogen) atoms. The number of carbonyl (C=O) groups excluding carboxylic acids is 1. The Morgan fingerprint density at radius 3 is 2.76 bits per heavy atom. The third-order valence-corrected chi connectivity index (χ3v) is 2.57. The van der Waals surface area contributed by atoms with E-state index in [-0.39, 0.29) is 0 Å². The third-order valence-electron chi connectivity index (χ3n) is 2.57. The maximum absolute atomic E-state index is 11.2. The Balaban J connectivity index is 2.61. The fourth-order valence-corrected chi connectivity index (χ4v) is 1.57. The van der Waals surface area contributed by atoms with Crippen LogP contribution in [0.25, 0.3) is 10.9 Å². The Bertz CT molecular complexity index is 603. The molecular weight excluding hydrogens is 222 g/mol. The van der Waals surface area contributed by atoms with Crippen LogP contribution in [0.4, 0.5) is 0 Å². The van der Waals surface area contributed by atoms with Crippen molar-refractivity contribution in [3.05, 3.63) is 30.0 Å². The maximum atomic E-state index is 11.2. The van der Waals surface area contributed by atoms with Crippen molar-refractivity contribution in [3.63, 3.8) is 0 Å². The number of aliphatic carboxylic acids is 1. The lowest BCUT2D eigenvalue weighted by molar-refractivity contribution is -0.140. The fraction of sp³-hybridized carbons (Fsp3) is 0.182. The monoisotopic (exact) mass is 233 g/mol. The number of fused-ring (bicyclic) bond motifs is 1. The highest BCUT2D eigenvalue weighted by molar-refractivity contribution is 6.04. The van der Waals surface area contributed by atoms with E-state index in [2.05, 4.69) is 5.10 Å². The van der Waals surface area contributed by atoms with Crippen LogP contribution >= 0.6 is 0 Å². The van der Waals surface area contributed by atoms with Gasteiger partial charge in [0.05, 0.1) is 5.56 Å². The van der Waals surface area contributed by atoms with Gasteiger partial charge >= 0.3 is 5.97 Å². The molecule has 0 saturated carbocycles. The molecule has 6 nitrogen and oxygen atoms in total. The third kappa shape index (κ3) is 1.84. The van der Waals surface area contributed by atoms with E-state index in [1.54, 1.807) is 24.4 Å². The molecule has 1 aromatic carbocycles. The van der Waals surface area contributed by atoms with Crippen molar-refractivity contribution in [2.45, 2.75) is 13.0 Å². The Hall–Kier alpha value is -2.37. The van der Waals surface area contributed by atoms with Gasteiger partial charge in [0, 0.05) is 11.6 Å². The van der Waals surface area contributed by atoms with Gasteiger partial charge in [-0.15, -0.1) is 0 Å². The minimum absolute atomic E-state index is 0.291. The van der Waals surface area contributed by atoms with Gasteiger partial charge in [-0.2, -0.15) is 5.10 Å². The van der Waals surface area contributed by atoms with Gasteiger partial charge in [-0.3, -0.25) is 9.48 Å². The largest absolute Gasteiger partial charge is 0.480 e. The number of aromatic nitrogens is 2. The lowest BCUT2D eigenvalue weighted by atomic mass is 10.1. The second kappa shape index (κ2) is 3.89. The zero-order chi connectivity index (χ0) is 12.6. The van der Waals surface area contributed by atoms with Crippen LogP contribution in [0.5, 0.6) is 0 Å². The molecule has 88 valence electrons. The summed E-state index contributed by atoms with van der Waals surface area (Å²) in [4.78, 5) is 22.0. The van der Waals surface area contributed by atoms with E-state index in [9.17, 15) is 9.59 Å². The standard InChI is InChI=1S/C11H11N3O3/c1-6(11(16)17)14-5-7-3-2-4-8(10(12)15)9(7)13-14/h2-6H,1H3,(H2,12,15)(H,16,17). The van der Waals surface area contributed by atoms with Gasteiger partial charge < -0.3 is 10.8 Å². The molecule has 2 aromatic rings. The van der Waals surface area contributed by atoms with Crippen LogP contribution in [0.1, 0.15) is 23.3 Å². The van der Waals surface area contributed by atoms with Crippen LogP contribution in [0.15, 0.2) is 24.4 Å². The van der Waals surface area contributed by atoms with E-state index in [1.807, 2.05) is 0 Å². The molecule has 6 heteroatoms. The topological polar surface area (TPSA) is 98.2 Å². The molecular formula is C11H11N3O3. The first-order chi connectivity index (χ1) is 8.00. The number of primary amides is 1. The van der Waals surface area contributed by atoms with Crippen LogP contribution in [0, 0.1) is 0 Å². The average molecular weight is 233 g/mol. The lowest BCUT2D eigenvalue weighted by Gasteiger charge is -2.04. The van der Waals surface area contributed by atoms with Crippen LogP contribution in [-0.4, -0.2) is 26.8 Å². The Morgan fingerprint density at radius 2 is 2.18 bits per heavy atom. The number of rotatable bonds is 3. The second-order valence-electron chi connectivity index (χ2n) is 3.73. The van der Waals surface area contributed by atoms with Gasteiger partial charge in [0.2, 0.25) is 0 Å². The molecule has 1 aromatic heterocycles. The summed E-state index contributed by atoms with van der Waals surface area (Å²) in [6.45, 7) is 1.51. The summed E-state index contributed by atoms with van der Waals surface area (Å²) in [6.07, 6.45) is 1.58. The predicted molar refractivity (Wildman–Crippen MR) is 60.6 cm³/mol. The summed E-state index contributed by atoms with van der Waals surface area (Å²) < 4.78 is 1.30. The van der Waals surface area contributed by atoms with Gasteiger partial charge in [0.1, 0.15) is 11.6 Å². The van der Waals surface area contributed by atoms with E-state index in [0.717, 1.165) is 0 Å². The summed E-state index contributed by atoms with van der Waals surface area (Å²) in [5.74, 6) is -1.57. The molecule has 0 spiro atoms. The molecule has 0 bridgehead atoms. The molecule has 1 unspecified atom stereocenters. The van der Waals surface area contributed by atoms with Gasteiger partial charge in [-0.1, -0.05) is 12.1 Å². The number of carboxylic acids is 1. The van der Waals surface area contributed by atoms with E-state index in [4.69, 9.17) is 10.8 Å². The normalized spacial score (nSPS) is 12.5. The number of amides is 1. The fourth-order valence-electron chi connectivity index (χ4n) is 1.57. The van der Waals surface area contributed by atoms with Crippen molar-refractivity contribution in [1.29, 1.82) is 0 Å². The highest BCUT2D eigenvalue weighted by atomic mass is 16.4. The molecule has 0 saturated heterocycles. The summed E-state index contributed by atoms with van der Waals surface area (Å²) in [6, 6.07) is 4.20. The van der Waals surface area contributed by atoms with Crippen molar-refractivity contribution in [3.8, 4) is 0 Å². The average Bonchev–Trinajstić information content (AvgIpc) is 2.70. The van der Waals surface area contributed by atoms with E-state index in [1.165, 1.54) is 11.6 Å². The zero-order valence-corrected chi connectivity index (χ0v) is 9.12. The van der Waals surface area contributed by atoms with Crippen LogP contribution in [-0.2, 0) is 4.79 Å². The van der Waals surface area contributed by atoms with Crippen molar-refractivity contribution in [2.75, 3.05) is 0 Å². The van der Waals surface area contributed by atoms with E-state index >= 15 is 0 Å². The molecule has 1 heterocycles. The SMILES string of the molecule is CC(C(=O)O)n1cc2cccc(C(N)=O)c2n1.